The third-order valence-electron chi connectivity index (χ3n) is 1.39. The highest BCUT2D eigenvalue weighted by molar-refractivity contribution is 5.93. The molecular formula is C8H15N3O. The number of amides is 1. The van der Waals surface area contributed by atoms with Crippen LogP contribution in [0.25, 0.3) is 0 Å². The number of nitrogens with one attached hydrogen (secondary N) is 1. The number of nitrogens with zero attached hydrogens (tertiary/aromatic N) is 2. The number of aromatic nitrogens is 2. The minimum absolute atomic E-state index is 0. The quantitative estimate of drug-likeness (QED) is 0.712. The molecule has 1 amide bonds. The summed E-state index contributed by atoms with van der Waals surface area (Å²) in [6.07, 6.45) is 3.25. The van der Waals surface area contributed by atoms with E-state index < -0.39 is 0 Å². The first-order valence-electron chi connectivity index (χ1n) is 3.89. The van der Waals surface area contributed by atoms with Crippen molar-refractivity contribution in [1.82, 2.24) is 15.1 Å². The Bertz CT molecular complexity index is 283. The Morgan fingerprint density at radius 3 is 2.83 bits per heavy atom. The predicted octanol–water partition coefficient (Wildman–Crippen LogP) is 0.804. The fourth-order valence-electron chi connectivity index (χ4n) is 0.884. The monoisotopic (exact) mass is 169 g/mol. The zero-order valence-corrected chi connectivity index (χ0v) is 7.53. The van der Waals surface area contributed by atoms with E-state index in [1.54, 1.807) is 24.1 Å². The summed E-state index contributed by atoms with van der Waals surface area (Å²) < 4.78 is 1.61. The van der Waals surface area contributed by atoms with Crippen molar-refractivity contribution in [2.75, 3.05) is 0 Å². The van der Waals surface area contributed by atoms with Gasteiger partial charge in [0.05, 0.1) is 11.8 Å². The first-order valence-corrected chi connectivity index (χ1v) is 3.89. The molecule has 0 aliphatic rings. The highest BCUT2D eigenvalue weighted by Gasteiger charge is 2.07. The molecule has 0 saturated heterocycles. The van der Waals surface area contributed by atoms with Gasteiger partial charge in [0.25, 0.3) is 5.91 Å². The van der Waals surface area contributed by atoms with Crippen molar-refractivity contribution in [2.45, 2.75) is 19.9 Å². The molecule has 1 aromatic heterocycles. The van der Waals surface area contributed by atoms with Gasteiger partial charge in [-0.3, -0.25) is 9.48 Å². The molecule has 0 aliphatic carbocycles. The molecular weight excluding hydrogens is 154 g/mol. The predicted molar refractivity (Wildman–Crippen MR) is 47.9 cm³/mol. The highest BCUT2D eigenvalue weighted by Crippen LogP contribution is 1.96. The number of rotatable bonds is 2. The van der Waals surface area contributed by atoms with Crippen LogP contribution in [0, 0.1) is 0 Å². The molecule has 0 aromatic carbocycles. The zero-order valence-electron chi connectivity index (χ0n) is 7.53. The summed E-state index contributed by atoms with van der Waals surface area (Å²) in [7, 11) is 1.78. The molecule has 4 nitrogen and oxygen atoms in total. The number of hydrogen-bond acceptors (Lipinski definition) is 2. The largest absolute Gasteiger partial charge is 0.350 e. The number of aryl methyl sites for hydroxylation is 1. The lowest BCUT2D eigenvalue weighted by atomic mass is 10.3. The SMILES string of the molecule is CC(C)NC(=O)c1cnn(C)c1.[HH]. The van der Waals surface area contributed by atoms with E-state index in [-0.39, 0.29) is 13.4 Å². The maximum Gasteiger partial charge on any atom is 0.254 e. The topological polar surface area (TPSA) is 46.9 Å². The molecule has 0 spiro atoms. The molecule has 0 saturated carbocycles. The van der Waals surface area contributed by atoms with Crippen molar-refractivity contribution in [3.63, 3.8) is 0 Å². The van der Waals surface area contributed by atoms with E-state index in [1.807, 2.05) is 13.8 Å². The molecule has 0 fully saturated rings. The highest BCUT2D eigenvalue weighted by atomic mass is 16.1. The van der Waals surface area contributed by atoms with E-state index in [0.717, 1.165) is 0 Å². The van der Waals surface area contributed by atoms with E-state index >= 15 is 0 Å². The van der Waals surface area contributed by atoms with Crippen molar-refractivity contribution in [3.8, 4) is 0 Å². The van der Waals surface area contributed by atoms with E-state index in [9.17, 15) is 4.79 Å². The maximum atomic E-state index is 11.3. The van der Waals surface area contributed by atoms with Crippen molar-refractivity contribution in [2.24, 2.45) is 7.05 Å². The molecule has 4 heteroatoms. The average Bonchev–Trinajstić information content (AvgIpc) is 2.34. The first-order chi connectivity index (χ1) is 5.59. The molecule has 0 aliphatic heterocycles. The van der Waals surface area contributed by atoms with Gasteiger partial charge in [0.2, 0.25) is 0 Å². The minimum Gasteiger partial charge on any atom is -0.350 e. The first kappa shape index (κ1) is 8.77. The third kappa shape index (κ3) is 2.08. The van der Waals surface area contributed by atoms with Crippen LogP contribution in [0.5, 0.6) is 0 Å². The second kappa shape index (κ2) is 3.38. The summed E-state index contributed by atoms with van der Waals surface area (Å²) in [5.41, 5.74) is 0.603. The number of carbonyl (C=O) groups is 1. The fraction of sp³-hybridized carbons (Fsp3) is 0.500. The Morgan fingerprint density at radius 2 is 2.42 bits per heavy atom. The van der Waals surface area contributed by atoms with Gasteiger partial charge in [-0.2, -0.15) is 5.10 Å². The summed E-state index contributed by atoms with van der Waals surface area (Å²) in [6.45, 7) is 3.85. The minimum atomic E-state index is -0.0712. The van der Waals surface area contributed by atoms with Gasteiger partial charge in [0.1, 0.15) is 0 Å². The maximum absolute atomic E-state index is 11.3. The van der Waals surface area contributed by atoms with Crippen LogP contribution in [-0.4, -0.2) is 21.7 Å². The number of carbonyl (C=O) groups excluding carboxylic acids is 1. The molecule has 0 atom stereocenters. The summed E-state index contributed by atoms with van der Waals surface area (Å²) in [5.74, 6) is -0.0712. The van der Waals surface area contributed by atoms with Gasteiger partial charge in [-0.15, -0.1) is 0 Å². The van der Waals surface area contributed by atoms with Gasteiger partial charge < -0.3 is 5.32 Å². The summed E-state index contributed by atoms with van der Waals surface area (Å²) in [6, 6.07) is 0.165. The fourth-order valence-corrected chi connectivity index (χ4v) is 0.884. The normalized spacial score (nSPS) is 10.3. The van der Waals surface area contributed by atoms with Crippen molar-refractivity contribution in [1.29, 1.82) is 0 Å². The molecule has 0 unspecified atom stereocenters. The molecule has 1 N–H and O–H groups in total. The Balaban J connectivity index is 0.00000144. The second-order valence-corrected chi connectivity index (χ2v) is 3.03. The van der Waals surface area contributed by atoms with Gasteiger partial charge >= 0.3 is 0 Å². The van der Waals surface area contributed by atoms with Crippen LogP contribution >= 0.6 is 0 Å². The van der Waals surface area contributed by atoms with Crippen LogP contribution in [0.3, 0.4) is 0 Å². The molecule has 1 heterocycles. The van der Waals surface area contributed by atoms with Crippen LogP contribution in [0.4, 0.5) is 0 Å². The summed E-state index contributed by atoms with van der Waals surface area (Å²) >= 11 is 0. The Morgan fingerprint density at radius 1 is 1.75 bits per heavy atom. The van der Waals surface area contributed by atoms with Gasteiger partial charge in [0, 0.05) is 20.7 Å². The van der Waals surface area contributed by atoms with Crippen LogP contribution in [-0.2, 0) is 7.05 Å². The van der Waals surface area contributed by atoms with E-state index in [2.05, 4.69) is 10.4 Å². The summed E-state index contributed by atoms with van der Waals surface area (Å²) in [5, 5.41) is 6.68. The number of hydrogen-bond donors (Lipinski definition) is 1. The average molecular weight is 169 g/mol. The molecule has 68 valence electrons. The van der Waals surface area contributed by atoms with Gasteiger partial charge in [0.15, 0.2) is 0 Å². The van der Waals surface area contributed by atoms with Gasteiger partial charge in [-0.05, 0) is 13.8 Å². The van der Waals surface area contributed by atoms with Crippen LogP contribution in [0.15, 0.2) is 12.4 Å². The smallest absolute Gasteiger partial charge is 0.254 e. The lowest BCUT2D eigenvalue weighted by Crippen LogP contribution is -2.29. The Kier molecular flexibility index (Phi) is 2.47. The summed E-state index contributed by atoms with van der Waals surface area (Å²) in [4.78, 5) is 11.3. The zero-order chi connectivity index (χ0) is 9.14. The molecule has 0 bridgehead atoms. The molecule has 1 aromatic rings. The van der Waals surface area contributed by atoms with E-state index in [0.29, 0.717) is 5.56 Å². The molecule has 0 radical (unpaired) electrons. The Labute approximate surface area is 73.1 Å². The Hall–Kier alpha value is -1.32. The van der Waals surface area contributed by atoms with Gasteiger partial charge in [-0.25, -0.2) is 0 Å². The van der Waals surface area contributed by atoms with Gasteiger partial charge in [-0.1, -0.05) is 0 Å². The van der Waals surface area contributed by atoms with Crippen molar-refractivity contribution in [3.05, 3.63) is 18.0 Å². The third-order valence-corrected chi connectivity index (χ3v) is 1.39. The lowest BCUT2D eigenvalue weighted by Gasteiger charge is -2.05. The van der Waals surface area contributed by atoms with Crippen LogP contribution in [0.2, 0.25) is 0 Å². The van der Waals surface area contributed by atoms with E-state index in [1.165, 1.54) is 0 Å². The molecule has 1 rings (SSSR count). The standard InChI is InChI=1S/C8H13N3O.H2/c1-6(2)10-8(12)7-4-9-11(3)5-7;/h4-6H,1-3H3,(H,10,12);1H. The van der Waals surface area contributed by atoms with Crippen molar-refractivity contribution >= 4 is 5.91 Å². The molecule has 12 heavy (non-hydrogen) atoms. The van der Waals surface area contributed by atoms with Crippen LogP contribution in [0.1, 0.15) is 25.6 Å². The van der Waals surface area contributed by atoms with Crippen LogP contribution < -0.4 is 5.32 Å². The van der Waals surface area contributed by atoms with E-state index in [4.69, 9.17) is 0 Å². The van der Waals surface area contributed by atoms with Crippen molar-refractivity contribution < 1.29 is 6.22 Å². The second-order valence-electron chi connectivity index (χ2n) is 3.03. The lowest BCUT2D eigenvalue weighted by molar-refractivity contribution is 0.0943.